The number of unbranched alkanes of at least 4 members (excludes halogenated alkanes) is 1. The lowest BCUT2D eigenvalue weighted by Crippen LogP contribution is -2.51. The lowest BCUT2D eigenvalue weighted by molar-refractivity contribution is -0.135. The molecular weight excluding hydrogens is 152 g/mol. The molecule has 1 amide bonds. The van der Waals surface area contributed by atoms with Gasteiger partial charge in [0, 0.05) is 26.7 Å². The maximum absolute atomic E-state index is 11.5. The Morgan fingerprint density at radius 3 is 2.67 bits per heavy atom. The number of hydrogen-bond acceptors (Lipinski definition) is 2. The van der Waals surface area contributed by atoms with E-state index in [1.807, 2.05) is 11.9 Å². The number of nitrogens with zero attached hydrogens (tertiary/aromatic N) is 1. The van der Waals surface area contributed by atoms with E-state index in [4.69, 9.17) is 0 Å². The van der Waals surface area contributed by atoms with Gasteiger partial charge in [0.2, 0.25) is 5.91 Å². The zero-order valence-corrected chi connectivity index (χ0v) is 7.97. The molecule has 0 atom stereocenters. The van der Waals surface area contributed by atoms with Crippen molar-refractivity contribution in [3.8, 4) is 0 Å². The molecule has 0 spiro atoms. The van der Waals surface area contributed by atoms with Crippen LogP contribution < -0.4 is 5.32 Å². The molecule has 0 aliphatic carbocycles. The molecule has 0 radical (unpaired) electrons. The van der Waals surface area contributed by atoms with Gasteiger partial charge in [-0.3, -0.25) is 4.79 Å². The minimum absolute atomic E-state index is 0.256. The number of nitrogens with one attached hydrogen (secondary N) is 1. The summed E-state index contributed by atoms with van der Waals surface area (Å²) >= 11 is 0. The molecule has 0 aromatic heterocycles. The first kappa shape index (κ1) is 9.52. The van der Waals surface area contributed by atoms with Crippen LogP contribution in [0, 0.1) is 5.92 Å². The first-order valence-corrected chi connectivity index (χ1v) is 4.71. The van der Waals surface area contributed by atoms with Crippen LogP contribution in [0.5, 0.6) is 0 Å². The summed E-state index contributed by atoms with van der Waals surface area (Å²) in [5, 5.41) is 3.11. The van der Waals surface area contributed by atoms with Crippen molar-refractivity contribution in [2.75, 3.05) is 26.7 Å². The van der Waals surface area contributed by atoms with E-state index < -0.39 is 0 Å². The molecule has 70 valence electrons. The van der Waals surface area contributed by atoms with Crippen LogP contribution in [0.2, 0.25) is 0 Å². The fourth-order valence-electron chi connectivity index (χ4n) is 1.28. The minimum atomic E-state index is 0.256. The summed E-state index contributed by atoms with van der Waals surface area (Å²) in [6, 6.07) is 0. The first-order valence-electron chi connectivity index (χ1n) is 4.71. The topological polar surface area (TPSA) is 32.3 Å². The number of amides is 1. The van der Waals surface area contributed by atoms with Crippen LogP contribution in [-0.2, 0) is 4.79 Å². The van der Waals surface area contributed by atoms with Gasteiger partial charge in [-0.15, -0.1) is 0 Å². The molecule has 1 heterocycles. The highest BCUT2D eigenvalue weighted by Gasteiger charge is 2.26. The highest BCUT2D eigenvalue weighted by atomic mass is 16.2. The Bertz CT molecular complexity index is 155. The van der Waals surface area contributed by atoms with E-state index in [-0.39, 0.29) is 5.92 Å². The van der Waals surface area contributed by atoms with Gasteiger partial charge in [0.25, 0.3) is 0 Å². The van der Waals surface area contributed by atoms with Crippen LogP contribution in [0.4, 0.5) is 0 Å². The Hall–Kier alpha value is -0.570. The second kappa shape index (κ2) is 4.45. The standard InChI is InChI=1S/C9H18N2O/c1-3-4-5-11(2)9(12)8-6-10-7-8/h8,10H,3-7H2,1-2H3. The van der Waals surface area contributed by atoms with Crippen LogP contribution in [0.3, 0.4) is 0 Å². The number of hydrogen-bond donors (Lipinski definition) is 1. The molecule has 3 heteroatoms. The van der Waals surface area contributed by atoms with E-state index in [0.29, 0.717) is 5.91 Å². The van der Waals surface area contributed by atoms with Gasteiger partial charge in [-0.25, -0.2) is 0 Å². The Balaban J connectivity index is 2.20. The number of carbonyl (C=O) groups excluding carboxylic acids is 1. The summed E-state index contributed by atoms with van der Waals surface area (Å²) in [4.78, 5) is 13.4. The van der Waals surface area contributed by atoms with E-state index in [9.17, 15) is 4.79 Å². The van der Waals surface area contributed by atoms with Crippen molar-refractivity contribution in [2.24, 2.45) is 5.92 Å². The molecule has 1 fully saturated rings. The molecule has 12 heavy (non-hydrogen) atoms. The van der Waals surface area contributed by atoms with Crippen LogP contribution >= 0.6 is 0 Å². The Labute approximate surface area is 74.1 Å². The van der Waals surface area contributed by atoms with Gasteiger partial charge in [-0.2, -0.15) is 0 Å². The Morgan fingerprint density at radius 2 is 2.25 bits per heavy atom. The van der Waals surface area contributed by atoms with Crippen molar-refractivity contribution >= 4 is 5.91 Å². The fraction of sp³-hybridized carbons (Fsp3) is 0.889. The van der Waals surface area contributed by atoms with Crippen molar-refractivity contribution < 1.29 is 4.79 Å². The fourth-order valence-corrected chi connectivity index (χ4v) is 1.28. The predicted molar refractivity (Wildman–Crippen MR) is 48.9 cm³/mol. The zero-order chi connectivity index (χ0) is 8.97. The van der Waals surface area contributed by atoms with Gasteiger partial charge < -0.3 is 10.2 Å². The SMILES string of the molecule is CCCCN(C)C(=O)C1CNC1. The normalized spacial score (nSPS) is 17.2. The van der Waals surface area contributed by atoms with E-state index >= 15 is 0 Å². The molecule has 0 aromatic carbocycles. The summed E-state index contributed by atoms with van der Waals surface area (Å²) in [6.07, 6.45) is 2.27. The Morgan fingerprint density at radius 1 is 1.58 bits per heavy atom. The average molecular weight is 170 g/mol. The second-order valence-electron chi connectivity index (χ2n) is 3.47. The van der Waals surface area contributed by atoms with E-state index in [2.05, 4.69) is 12.2 Å². The third kappa shape index (κ3) is 2.21. The number of rotatable bonds is 4. The summed E-state index contributed by atoms with van der Waals surface area (Å²) in [7, 11) is 1.90. The summed E-state index contributed by atoms with van der Waals surface area (Å²) in [6.45, 7) is 4.79. The molecule has 0 aromatic rings. The third-order valence-corrected chi connectivity index (χ3v) is 2.35. The van der Waals surface area contributed by atoms with Crippen molar-refractivity contribution in [1.82, 2.24) is 10.2 Å². The molecule has 1 rings (SSSR count). The molecule has 3 nitrogen and oxygen atoms in total. The van der Waals surface area contributed by atoms with Crippen molar-refractivity contribution in [3.05, 3.63) is 0 Å². The molecule has 0 bridgehead atoms. The third-order valence-electron chi connectivity index (χ3n) is 2.35. The first-order chi connectivity index (χ1) is 5.75. The highest BCUT2D eigenvalue weighted by Crippen LogP contribution is 2.07. The van der Waals surface area contributed by atoms with E-state index in [0.717, 1.165) is 32.5 Å². The average Bonchev–Trinajstić information content (AvgIpc) is 1.96. The summed E-state index contributed by atoms with van der Waals surface area (Å²) in [5.74, 6) is 0.564. The van der Waals surface area contributed by atoms with E-state index in [1.54, 1.807) is 0 Å². The van der Waals surface area contributed by atoms with Gasteiger partial charge in [0.05, 0.1) is 5.92 Å². The Kier molecular flexibility index (Phi) is 3.53. The van der Waals surface area contributed by atoms with Crippen LogP contribution in [0.1, 0.15) is 19.8 Å². The largest absolute Gasteiger partial charge is 0.345 e. The molecule has 1 aliphatic rings. The molecule has 1 N–H and O–H groups in total. The van der Waals surface area contributed by atoms with Crippen molar-refractivity contribution in [2.45, 2.75) is 19.8 Å². The van der Waals surface area contributed by atoms with Gasteiger partial charge >= 0.3 is 0 Å². The maximum atomic E-state index is 11.5. The van der Waals surface area contributed by atoms with E-state index in [1.165, 1.54) is 0 Å². The molecule has 1 saturated heterocycles. The van der Waals surface area contributed by atoms with Crippen LogP contribution in [0.25, 0.3) is 0 Å². The quantitative estimate of drug-likeness (QED) is 0.665. The smallest absolute Gasteiger partial charge is 0.227 e. The second-order valence-corrected chi connectivity index (χ2v) is 3.47. The van der Waals surface area contributed by atoms with Gasteiger partial charge in [-0.05, 0) is 6.42 Å². The minimum Gasteiger partial charge on any atom is -0.345 e. The lowest BCUT2D eigenvalue weighted by Gasteiger charge is -2.30. The van der Waals surface area contributed by atoms with Gasteiger partial charge in [0.1, 0.15) is 0 Å². The molecular formula is C9H18N2O. The van der Waals surface area contributed by atoms with Gasteiger partial charge in [0.15, 0.2) is 0 Å². The van der Waals surface area contributed by atoms with Crippen LogP contribution in [-0.4, -0.2) is 37.5 Å². The maximum Gasteiger partial charge on any atom is 0.227 e. The molecule has 1 aliphatic heterocycles. The van der Waals surface area contributed by atoms with Crippen LogP contribution in [0.15, 0.2) is 0 Å². The monoisotopic (exact) mass is 170 g/mol. The molecule has 0 saturated carbocycles. The summed E-state index contributed by atoms with van der Waals surface area (Å²) < 4.78 is 0. The van der Waals surface area contributed by atoms with Crippen molar-refractivity contribution in [3.63, 3.8) is 0 Å². The van der Waals surface area contributed by atoms with Gasteiger partial charge in [-0.1, -0.05) is 13.3 Å². The summed E-state index contributed by atoms with van der Waals surface area (Å²) in [5.41, 5.74) is 0. The predicted octanol–water partition coefficient (Wildman–Crippen LogP) is 0.464. The number of carbonyl (C=O) groups is 1. The van der Waals surface area contributed by atoms with Crippen molar-refractivity contribution in [1.29, 1.82) is 0 Å². The highest BCUT2D eigenvalue weighted by molar-refractivity contribution is 5.79. The molecule has 0 unspecified atom stereocenters. The zero-order valence-electron chi connectivity index (χ0n) is 7.97. The lowest BCUT2D eigenvalue weighted by atomic mass is 10.0.